The molecule has 1 saturated heterocycles. The van der Waals surface area contributed by atoms with Gasteiger partial charge in [-0.15, -0.1) is 0 Å². The van der Waals surface area contributed by atoms with Gasteiger partial charge in [-0.05, 0) is 17.2 Å². The van der Waals surface area contributed by atoms with Crippen LogP contribution in [0.25, 0.3) is 10.9 Å². The van der Waals surface area contributed by atoms with Crippen molar-refractivity contribution in [2.75, 3.05) is 0 Å². The Bertz CT molecular complexity index is 993. The highest BCUT2D eigenvalue weighted by Crippen LogP contribution is 2.34. The zero-order chi connectivity index (χ0) is 17.0. The van der Waals surface area contributed by atoms with Crippen molar-refractivity contribution in [2.45, 2.75) is 25.6 Å². The van der Waals surface area contributed by atoms with E-state index in [-0.39, 0.29) is 18.0 Å². The van der Waals surface area contributed by atoms with Crippen LogP contribution in [0.4, 0.5) is 4.79 Å². The molecule has 5 rings (SSSR count). The minimum absolute atomic E-state index is 0.0928. The molecule has 1 aromatic heterocycles. The number of hydrogen-bond donors (Lipinski definition) is 1. The molecule has 2 aliphatic heterocycles. The van der Waals surface area contributed by atoms with Crippen molar-refractivity contribution in [1.82, 2.24) is 14.8 Å². The summed E-state index contributed by atoms with van der Waals surface area (Å²) in [6.45, 7) is 0.796. The van der Waals surface area contributed by atoms with Crippen LogP contribution in [0.15, 0.2) is 54.6 Å². The minimum atomic E-state index is -0.386. The summed E-state index contributed by atoms with van der Waals surface area (Å²) in [4.78, 5) is 32.2. The number of para-hydroxylation sites is 1. The molecule has 3 aromatic rings. The summed E-state index contributed by atoms with van der Waals surface area (Å²) < 4.78 is 0. The predicted octanol–water partition coefficient (Wildman–Crippen LogP) is 3.06. The number of nitrogens with zero attached hydrogens (tertiary/aromatic N) is 2. The fourth-order valence-electron chi connectivity index (χ4n) is 3.97. The van der Waals surface area contributed by atoms with Gasteiger partial charge in [0.25, 0.3) is 5.91 Å². The zero-order valence-corrected chi connectivity index (χ0v) is 13.6. The van der Waals surface area contributed by atoms with Gasteiger partial charge in [0.15, 0.2) is 0 Å². The molecule has 1 fully saturated rings. The lowest BCUT2D eigenvalue weighted by atomic mass is 9.97. The Balaban J connectivity index is 1.48. The van der Waals surface area contributed by atoms with Crippen molar-refractivity contribution >= 4 is 22.8 Å². The van der Waals surface area contributed by atoms with Crippen molar-refractivity contribution in [3.05, 3.63) is 71.4 Å². The van der Waals surface area contributed by atoms with Crippen LogP contribution in [0.5, 0.6) is 0 Å². The van der Waals surface area contributed by atoms with E-state index in [9.17, 15) is 9.59 Å². The highest BCUT2D eigenvalue weighted by Gasteiger charge is 2.47. The molecular weight excluding hydrogens is 314 g/mol. The van der Waals surface area contributed by atoms with Gasteiger partial charge >= 0.3 is 6.03 Å². The second-order valence-corrected chi connectivity index (χ2v) is 6.67. The lowest BCUT2D eigenvalue weighted by Gasteiger charge is -2.26. The number of amides is 3. The van der Waals surface area contributed by atoms with Crippen LogP contribution in [0.3, 0.4) is 0 Å². The van der Waals surface area contributed by atoms with Gasteiger partial charge in [-0.2, -0.15) is 0 Å². The molecule has 2 aliphatic rings. The van der Waals surface area contributed by atoms with Gasteiger partial charge in [-0.3, -0.25) is 9.69 Å². The Labute approximate surface area is 144 Å². The second kappa shape index (κ2) is 5.21. The molecule has 1 N–H and O–H groups in total. The molecule has 25 heavy (non-hydrogen) atoms. The van der Waals surface area contributed by atoms with Gasteiger partial charge in [0.05, 0.1) is 13.1 Å². The van der Waals surface area contributed by atoms with E-state index in [1.165, 1.54) is 10.5 Å². The van der Waals surface area contributed by atoms with Crippen LogP contribution in [0, 0.1) is 0 Å². The summed E-state index contributed by atoms with van der Waals surface area (Å²) in [6, 6.07) is 17.2. The average molecular weight is 331 g/mol. The minimum Gasteiger partial charge on any atom is -0.357 e. The number of nitrogens with one attached hydrogen (secondary N) is 1. The molecule has 5 heteroatoms. The number of carbonyl (C=O) groups excluding carboxylic acids is 2. The summed E-state index contributed by atoms with van der Waals surface area (Å²) in [5, 5.41) is 1.15. The SMILES string of the molecule is O=C1[C@@H]2Cc3c([nH]c4ccccc34)CN2C(=O)N1Cc1ccccc1. The standard InChI is InChI=1S/C20H17N3O2/c24-19-18-10-15-14-8-4-5-9-16(14)21-17(15)12-22(18)20(25)23(19)11-13-6-2-1-3-7-13/h1-9,18,21H,10-12H2/t18-/m0/s1. The van der Waals surface area contributed by atoms with E-state index in [0.29, 0.717) is 19.5 Å². The second-order valence-electron chi connectivity index (χ2n) is 6.67. The Morgan fingerprint density at radius 3 is 2.60 bits per heavy atom. The molecule has 0 radical (unpaired) electrons. The third kappa shape index (κ3) is 2.09. The van der Waals surface area contributed by atoms with Crippen molar-refractivity contribution in [3.63, 3.8) is 0 Å². The predicted molar refractivity (Wildman–Crippen MR) is 93.7 cm³/mol. The van der Waals surface area contributed by atoms with E-state index >= 15 is 0 Å². The molecule has 0 unspecified atom stereocenters. The van der Waals surface area contributed by atoms with Gasteiger partial charge < -0.3 is 9.88 Å². The molecule has 5 nitrogen and oxygen atoms in total. The fourth-order valence-corrected chi connectivity index (χ4v) is 3.97. The van der Waals surface area contributed by atoms with Gasteiger partial charge in [0.1, 0.15) is 6.04 Å². The molecule has 3 amide bonds. The number of benzene rings is 2. The van der Waals surface area contributed by atoms with E-state index in [1.54, 1.807) is 4.90 Å². The molecule has 0 bridgehead atoms. The van der Waals surface area contributed by atoms with Crippen LogP contribution in [0.2, 0.25) is 0 Å². The molecule has 124 valence electrons. The first-order valence-corrected chi connectivity index (χ1v) is 8.47. The number of hydrogen-bond acceptors (Lipinski definition) is 2. The maximum absolute atomic E-state index is 12.9. The fraction of sp³-hybridized carbons (Fsp3) is 0.200. The highest BCUT2D eigenvalue weighted by atomic mass is 16.2. The third-order valence-corrected chi connectivity index (χ3v) is 5.22. The molecule has 0 spiro atoms. The summed E-state index contributed by atoms with van der Waals surface area (Å²) in [5.74, 6) is -0.0928. The highest BCUT2D eigenvalue weighted by molar-refractivity contribution is 6.05. The number of urea groups is 1. The number of aromatic nitrogens is 1. The normalized spacial score (nSPS) is 19.4. The molecule has 1 atom stereocenters. The van der Waals surface area contributed by atoms with Gasteiger partial charge in [0.2, 0.25) is 0 Å². The monoisotopic (exact) mass is 331 g/mol. The van der Waals surface area contributed by atoms with E-state index in [4.69, 9.17) is 0 Å². The average Bonchev–Trinajstić information content (AvgIpc) is 3.12. The zero-order valence-electron chi connectivity index (χ0n) is 13.6. The van der Waals surface area contributed by atoms with Crippen LogP contribution in [-0.4, -0.2) is 32.8 Å². The quantitative estimate of drug-likeness (QED) is 0.734. The first-order valence-electron chi connectivity index (χ1n) is 8.47. The van der Waals surface area contributed by atoms with Crippen molar-refractivity contribution in [3.8, 4) is 0 Å². The van der Waals surface area contributed by atoms with Gasteiger partial charge in [-0.25, -0.2) is 4.79 Å². The molecular formula is C20H17N3O2. The Hall–Kier alpha value is -3.08. The maximum atomic E-state index is 12.9. The number of H-pyrrole nitrogens is 1. The first kappa shape index (κ1) is 14.3. The molecule has 3 heterocycles. The van der Waals surface area contributed by atoms with E-state index < -0.39 is 0 Å². The summed E-state index contributed by atoms with van der Waals surface area (Å²) in [6.07, 6.45) is 0.579. The van der Waals surface area contributed by atoms with Crippen molar-refractivity contribution < 1.29 is 9.59 Å². The summed E-state index contributed by atoms with van der Waals surface area (Å²) >= 11 is 0. The van der Waals surface area contributed by atoms with E-state index in [0.717, 1.165) is 22.2 Å². The number of aromatic amines is 1. The number of imide groups is 1. The molecule has 0 saturated carbocycles. The smallest absolute Gasteiger partial charge is 0.328 e. The summed E-state index contributed by atoms with van der Waals surface area (Å²) in [5.41, 5.74) is 4.24. The van der Waals surface area contributed by atoms with E-state index in [2.05, 4.69) is 11.1 Å². The lowest BCUT2D eigenvalue weighted by Crippen LogP contribution is -2.39. The third-order valence-electron chi connectivity index (χ3n) is 5.22. The first-order chi connectivity index (χ1) is 12.2. The summed E-state index contributed by atoms with van der Waals surface area (Å²) in [7, 11) is 0. The van der Waals surface area contributed by atoms with Crippen LogP contribution in [0.1, 0.15) is 16.8 Å². The number of carbonyl (C=O) groups is 2. The van der Waals surface area contributed by atoms with Crippen LogP contribution >= 0.6 is 0 Å². The molecule has 2 aromatic carbocycles. The van der Waals surface area contributed by atoms with Crippen LogP contribution in [-0.2, 0) is 24.3 Å². The van der Waals surface area contributed by atoms with Gasteiger partial charge in [0, 0.05) is 23.0 Å². The van der Waals surface area contributed by atoms with Crippen LogP contribution < -0.4 is 0 Å². The Kier molecular flexibility index (Phi) is 2.98. The van der Waals surface area contributed by atoms with Crippen molar-refractivity contribution in [1.29, 1.82) is 0 Å². The lowest BCUT2D eigenvalue weighted by molar-refractivity contribution is -0.128. The molecule has 0 aliphatic carbocycles. The maximum Gasteiger partial charge on any atom is 0.328 e. The number of fused-ring (bicyclic) bond motifs is 4. The number of rotatable bonds is 2. The van der Waals surface area contributed by atoms with Gasteiger partial charge in [-0.1, -0.05) is 48.5 Å². The van der Waals surface area contributed by atoms with Crippen molar-refractivity contribution in [2.24, 2.45) is 0 Å². The Morgan fingerprint density at radius 2 is 1.76 bits per heavy atom. The topological polar surface area (TPSA) is 56.4 Å². The largest absolute Gasteiger partial charge is 0.357 e. The van der Waals surface area contributed by atoms with E-state index in [1.807, 2.05) is 48.5 Å². The Morgan fingerprint density at radius 1 is 1.00 bits per heavy atom.